The molecule has 1 aromatic heterocycles. The molecule has 1 aliphatic heterocycles. The van der Waals surface area contributed by atoms with Gasteiger partial charge in [0, 0.05) is 17.7 Å². The van der Waals surface area contributed by atoms with Crippen LogP contribution in [0.2, 0.25) is 0 Å². The van der Waals surface area contributed by atoms with Crippen LogP contribution in [0.1, 0.15) is 51.9 Å². The summed E-state index contributed by atoms with van der Waals surface area (Å²) in [6.45, 7) is 0.591. The molecular formula is C21H19N3O4. The van der Waals surface area contributed by atoms with Gasteiger partial charge in [-0.05, 0) is 43.5 Å². The number of carboxylic acid groups (broad SMARTS) is 1. The third kappa shape index (κ3) is 3.51. The molecule has 142 valence electrons. The average Bonchev–Trinajstić information content (AvgIpc) is 3.24. The van der Waals surface area contributed by atoms with Crippen molar-refractivity contribution in [3.63, 3.8) is 0 Å². The van der Waals surface area contributed by atoms with Gasteiger partial charge in [-0.3, -0.25) is 4.79 Å². The lowest BCUT2D eigenvalue weighted by molar-refractivity contribution is 0.0560. The smallest absolute Gasteiger partial charge is 0.335 e. The molecule has 1 unspecified atom stereocenters. The number of likely N-dealkylation sites (tertiary alicyclic amines) is 1. The molecule has 0 spiro atoms. The Bertz CT molecular complexity index is 982. The van der Waals surface area contributed by atoms with Gasteiger partial charge in [-0.15, -0.1) is 0 Å². The van der Waals surface area contributed by atoms with Crippen LogP contribution in [0.15, 0.2) is 59.1 Å². The van der Waals surface area contributed by atoms with E-state index in [0.29, 0.717) is 23.8 Å². The molecule has 0 saturated carbocycles. The van der Waals surface area contributed by atoms with E-state index in [9.17, 15) is 9.59 Å². The molecule has 0 radical (unpaired) electrons. The van der Waals surface area contributed by atoms with Crippen molar-refractivity contribution >= 4 is 11.9 Å². The zero-order chi connectivity index (χ0) is 19.5. The molecule has 7 nitrogen and oxygen atoms in total. The van der Waals surface area contributed by atoms with E-state index in [1.54, 1.807) is 17.0 Å². The lowest BCUT2D eigenvalue weighted by Crippen LogP contribution is -2.38. The van der Waals surface area contributed by atoms with E-state index in [-0.39, 0.29) is 17.5 Å². The maximum atomic E-state index is 13.0. The summed E-state index contributed by atoms with van der Waals surface area (Å²) < 4.78 is 5.49. The Hall–Kier alpha value is -3.48. The highest BCUT2D eigenvalue weighted by Gasteiger charge is 2.32. The molecule has 0 aliphatic carbocycles. The number of carboxylic acids is 1. The van der Waals surface area contributed by atoms with Crippen molar-refractivity contribution in [1.29, 1.82) is 0 Å². The number of hydrogen-bond donors (Lipinski definition) is 1. The molecule has 1 atom stereocenters. The Morgan fingerprint density at radius 2 is 1.71 bits per heavy atom. The lowest BCUT2D eigenvalue weighted by atomic mass is 10.00. The maximum Gasteiger partial charge on any atom is 0.335 e. The molecule has 2 heterocycles. The van der Waals surface area contributed by atoms with Crippen molar-refractivity contribution < 1.29 is 19.2 Å². The Kier molecular flexibility index (Phi) is 4.89. The van der Waals surface area contributed by atoms with Crippen LogP contribution in [0.4, 0.5) is 0 Å². The molecule has 1 fully saturated rings. The summed E-state index contributed by atoms with van der Waals surface area (Å²) in [4.78, 5) is 30.3. The third-order valence-electron chi connectivity index (χ3n) is 4.90. The summed E-state index contributed by atoms with van der Waals surface area (Å²) in [6, 6.07) is 15.2. The predicted octanol–water partition coefficient (Wildman–Crippen LogP) is 3.80. The SMILES string of the molecule is O=C(O)c1ccc(C(=O)N2CCCCC2c2nc(-c3ccccc3)no2)cc1. The first-order chi connectivity index (χ1) is 13.6. The van der Waals surface area contributed by atoms with E-state index in [4.69, 9.17) is 9.63 Å². The second kappa shape index (κ2) is 7.64. The first kappa shape index (κ1) is 17.9. The monoisotopic (exact) mass is 377 g/mol. The van der Waals surface area contributed by atoms with Crippen molar-refractivity contribution in [1.82, 2.24) is 15.0 Å². The van der Waals surface area contributed by atoms with Crippen molar-refractivity contribution in [2.45, 2.75) is 25.3 Å². The Morgan fingerprint density at radius 3 is 2.43 bits per heavy atom. The fraction of sp³-hybridized carbons (Fsp3) is 0.238. The Morgan fingerprint density at radius 1 is 1.00 bits per heavy atom. The molecule has 1 aliphatic rings. The minimum Gasteiger partial charge on any atom is -0.478 e. The number of carbonyl (C=O) groups is 2. The minimum atomic E-state index is -1.02. The summed E-state index contributed by atoms with van der Waals surface area (Å²) >= 11 is 0. The van der Waals surface area contributed by atoms with E-state index in [1.807, 2.05) is 30.3 Å². The molecule has 1 N–H and O–H groups in total. The molecule has 4 rings (SSSR count). The lowest BCUT2D eigenvalue weighted by Gasteiger charge is -2.33. The number of carbonyl (C=O) groups excluding carboxylic acids is 1. The largest absolute Gasteiger partial charge is 0.478 e. The molecule has 7 heteroatoms. The second-order valence-electron chi connectivity index (χ2n) is 6.71. The molecule has 1 amide bonds. The van der Waals surface area contributed by atoms with Crippen LogP contribution in [-0.4, -0.2) is 38.6 Å². The number of amides is 1. The van der Waals surface area contributed by atoms with Gasteiger partial charge in [0.2, 0.25) is 11.7 Å². The molecule has 2 aromatic carbocycles. The zero-order valence-corrected chi connectivity index (χ0v) is 15.1. The first-order valence-corrected chi connectivity index (χ1v) is 9.17. The van der Waals surface area contributed by atoms with Crippen molar-refractivity contribution in [2.24, 2.45) is 0 Å². The zero-order valence-electron chi connectivity index (χ0n) is 15.1. The number of benzene rings is 2. The highest BCUT2D eigenvalue weighted by atomic mass is 16.5. The van der Waals surface area contributed by atoms with E-state index in [2.05, 4.69) is 10.1 Å². The van der Waals surface area contributed by atoms with Gasteiger partial charge in [-0.2, -0.15) is 4.98 Å². The van der Waals surface area contributed by atoms with Gasteiger partial charge >= 0.3 is 5.97 Å². The normalized spacial score (nSPS) is 16.7. The van der Waals surface area contributed by atoms with Gasteiger partial charge in [0.15, 0.2) is 0 Å². The van der Waals surface area contributed by atoms with Gasteiger partial charge in [-0.1, -0.05) is 35.5 Å². The van der Waals surface area contributed by atoms with Crippen LogP contribution in [0, 0.1) is 0 Å². The van der Waals surface area contributed by atoms with Crippen LogP contribution >= 0.6 is 0 Å². The molecule has 0 bridgehead atoms. The summed E-state index contributed by atoms with van der Waals surface area (Å²) in [5.74, 6) is -0.260. The molecule has 28 heavy (non-hydrogen) atoms. The van der Waals surface area contributed by atoms with Crippen molar-refractivity contribution in [2.75, 3.05) is 6.54 Å². The second-order valence-corrected chi connectivity index (χ2v) is 6.71. The quantitative estimate of drug-likeness (QED) is 0.743. The maximum absolute atomic E-state index is 13.0. The highest BCUT2D eigenvalue weighted by molar-refractivity contribution is 5.96. The average molecular weight is 377 g/mol. The summed E-state index contributed by atoms with van der Waals surface area (Å²) in [6.07, 6.45) is 2.61. The highest BCUT2D eigenvalue weighted by Crippen LogP contribution is 2.32. The Balaban J connectivity index is 1.59. The van der Waals surface area contributed by atoms with E-state index < -0.39 is 5.97 Å². The fourth-order valence-electron chi connectivity index (χ4n) is 3.43. The third-order valence-corrected chi connectivity index (χ3v) is 4.90. The van der Waals surface area contributed by atoms with E-state index >= 15 is 0 Å². The van der Waals surface area contributed by atoms with Gasteiger partial charge < -0.3 is 14.5 Å². The van der Waals surface area contributed by atoms with Crippen LogP contribution in [0.25, 0.3) is 11.4 Å². The summed E-state index contributed by atoms with van der Waals surface area (Å²) in [5.41, 5.74) is 1.45. The van der Waals surface area contributed by atoms with E-state index in [1.165, 1.54) is 12.1 Å². The predicted molar refractivity (Wildman–Crippen MR) is 101 cm³/mol. The van der Waals surface area contributed by atoms with Crippen LogP contribution in [0.3, 0.4) is 0 Å². The van der Waals surface area contributed by atoms with Gasteiger partial charge in [0.1, 0.15) is 6.04 Å². The number of piperidine rings is 1. The molecule has 3 aromatic rings. The number of aromatic carboxylic acids is 1. The molecular weight excluding hydrogens is 358 g/mol. The number of aromatic nitrogens is 2. The van der Waals surface area contributed by atoms with Crippen molar-refractivity contribution in [3.05, 3.63) is 71.6 Å². The summed E-state index contributed by atoms with van der Waals surface area (Å²) in [7, 11) is 0. The Labute approximate surface area is 161 Å². The van der Waals surface area contributed by atoms with Gasteiger partial charge in [-0.25, -0.2) is 4.79 Å². The van der Waals surface area contributed by atoms with Gasteiger partial charge in [0.05, 0.1) is 5.56 Å². The fourth-order valence-corrected chi connectivity index (χ4v) is 3.43. The summed E-state index contributed by atoms with van der Waals surface area (Å²) in [5, 5.41) is 13.1. The van der Waals surface area contributed by atoms with E-state index in [0.717, 1.165) is 24.8 Å². The van der Waals surface area contributed by atoms with Gasteiger partial charge in [0.25, 0.3) is 5.91 Å². The number of rotatable bonds is 4. The molecule has 1 saturated heterocycles. The first-order valence-electron chi connectivity index (χ1n) is 9.17. The number of hydrogen-bond acceptors (Lipinski definition) is 5. The van der Waals surface area contributed by atoms with Crippen LogP contribution < -0.4 is 0 Å². The minimum absolute atomic E-state index is 0.149. The van der Waals surface area contributed by atoms with Crippen LogP contribution in [-0.2, 0) is 0 Å². The standard InChI is InChI=1S/C21H19N3O4/c25-20(15-9-11-16(12-10-15)21(26)27)24-13-5-4-8-17(24)19-22-18(23-28-19)14-6-2-1-3-7-14/h1-3,6-7,9-12,17H,4-5,8,13H2,(H,26,27). The number of nitrogens with zero attached hydrogens (tertiary/aromatic N) is 3. The van der Waals surface area contributed by atoms with Crippen molar-refractivity contribution in [3.8, 4) is 11.4 Å². The topological polar surface area (TPSA) is 96.5 Å². The van der Waals surface area contributed by atoms with Crippen LogP contribution in [0.5, 0.6) is 0 Å².